The first-order chi connectivity index (χ1) is 10.1. The molecule has 0 heterocycles. The van der Waals surface area contributed by atoms with Crippen LogP contribution < -0.4 is 0 Å². The summed E-state index contributed by atoms with van der Waals surface area (Å²) < 4.78 is 0. The Kier molecular flexibility index (Phi) is 5.93. The molecule has 2 aromatic carbocycles. The Balaban J connectivity index is 1.83. The molecule has 2 aromatic rings. The molecule has 21 heavy (non-hydrogen) atoms. The average molecular weight is 298 g/mol. The molecule has 0 spiro atoms. The van der Waals surface area contributed by atoms with E-state index in [0.29, 0.717) is 11.8 Å². The van der Waals surface area contributed by atoms with Crippen LogP contribution in [0.2, 0.25) is 0 Å². The van der Waals surface area contributed by atoms with Gasteiger partial charge in [0.25, 0.3) is 0 Å². The lowest BCUT2D eigenvalue weighted by Crippen LogP contribution is -1.90. The Morgan fingerprint density at radius 3 is 1.24 bits per heavy atom. The van der Waals surface area contributed by atoms with E-state index in [-0.39, 0.29) is 0 Å². The van der Waals surface area contributed by atoms with Crippen LogP contribution in [0.15, 0.2) is 48.5 Å². The number of benzene rings is 2. The summed E-state index contributed by atoms with van der Waals surface area (Å²) in [5.74, 6) is 3.41. The van der Waals surface area contributed by atoms with Gasteiger partial charge in [-0.25, -0.2) is 0 Å². The zero-order chi connectivity index (χ0) is 15.2. The molecule has 0 bridgehead atoms. The van der Waals surface area contributed by atoms with E-state index in [1.54, 1.807) is 0 Å². The van der Waals surface area contributed by atoms with Gasteiger partial charge in [0.05, 0.1) is 0 Å². The third-order valence-electron chi connectivity index (χ3n) is 3.83. The Labute approximate surface area is 134 Å². The Hall–Kier alpha value is -1.21. The van der Waals surface area contributed by atoms with Crippen molar-refractivity contribution in [3.05, 3.63) is 70.8 Å². The van der Waals surface area contributed by atoms with Crippen molar-refractivity contribution in [3.8, 4) is 0 Å². The second kappa shape index (κ2) is 7.70. The Morgan fingerprint density at radius 2 is 0.952 bits per heavy atom. The molecule has 0 aliphatic rings. The fourth-order valence-corrected chi connectivity index (χ4v) is 3.24. The van der Waals surface area contributed by atoms with Crippen molar-refractivity contribution >= 4 is 11.8 Å². The summed E-state index contributed by atoms with van der Waals surface area (Å²) in [6, 6.07) is 18.1. The van der Waals surface area contributed by atoms with Crippen LogP contribution in [-0.4, -0.2) is 0 Å². The van der Waals surface area contributed by atoms with Gasteiger partial charge in [-0.05, 0) is 34.1 Å². The SMILES string of the molecule is CC(C)c1ccc(CSCc2ccc(C(C)C)cc2)cc1. The first kappa shape index (κ1) is 16.2. The van der Waals surface area contributed by atoms with E-state index in [4.69, 9.17) is 0 Å². The van der Waals surface area contributed by atoms with Gasteiger partial charge in [0.2, 0.25) is 0 Å². The summed E-state index contributed by atoms with van der Waals surface area (Å²) in [6.45, 7) is 8.96. The highest BCUT2D eigenvalue weighted by Gasteiger charge is 2.01. The van der Waals surface area contributed by atoms with E-state index in [0.717, 1.165) is 11.5 Å². The maximum Gasteiger partial charge on any atom is 0.0187 e. The first-order valence-corrected chi connectivity index (χ1v) is 8.97. The zero-order valence-corrected chi connectivity index (χ0v) is 14.4. The minimum Gasteiger partial charge on any atom is -0.152 e. The van der Waals surface area contributed by atoms with Gasteiger partial charge in [-0.2, -0.15) is 11.8 Å². The highest BCUT2D eigenvalue weighted by Crippen LogP contribution is 2.22. The average Bonchev–Trinajstić information content (AvgIpc) is 2.48. The molecule has 0 aliphatic carbocycles. The molecule has 0 saturated carbocycles. The fourth-order valence-electron chi connectivity index (χ4n) is 2.28. The van der Waals surface area contributed by atoms with Crippen LogP contribution >= 0.6 is 11.8 Å². The maximum absolute atomic E-state index is 2.27. The van der Waals surface area contributed by atoms with Crippen molar-refractivity contribution in [2.24, 2.45) is 0 Å². The molecule has 0 amide bonds. The lowest BCUT2D eigenvalue weighted by Gasteiger charge is -2.08. The van der Waals surface area contributed by atoms with E-state index in [2.05, 4.69) is 76.2 Å². The summed E-state index contributed by atoms with van der Waals surface area (Å²) in [4.78, 5) is 0. The second-order valence-electron chi connectivity index (χ2n) is 6.29. The van der Waals surface area contributed by atoms with Crippen molar-refractivity contribution in [2.75, 3.05) is 0 Å². The molecular formula is C20H26S. The van der Waals surface area contributed by atoms with Crippen molar-refractivity contribution in [3.63, 3.8) is 0 Å². The van der Waals surface area contributed by atoms with Crippen LogP contribution in [0.5, 0.6) is 0 Å². The maximum atomic E-state index is 2.27. The standard InChI is InChI=1S/C20H26S/c1-15(2)19-9-5-17(6-10-19)13-21-14-18-7-11-20(12-8-18)16(3)4/h5-12,15-16H,13-14H2,1-4H3. The van der Waals surface area contributed by atoms with Crippen molar-refractivity contribution in [1.82, 2.24) is 0 Å². The molecule has 0 aliphatic heterocycles. The van der Waals surface area contributed by atoms with Gasteiger partial charge in [-0.1, -0.05) is 76.2 Å². The van der Waals surface area contributed by atoms with Gasteiger partial charge < -0.3 is 0 Å². The topological polar surface area (TPSA) is 0 Å². The molecule has 0 radical (unpaired) electrons. The molecular weight excluding hydrogens is 272 g/mol. The highest BCUT2D eigenvalue weighted by atomic mass is 32.2. The van der Waals surface area contributed by atoms with E-state index in [1.807, 2.05) is 11.8 Å². The zero-order valence-electron chi connectivity index (χ0n) is 13.6. The van der Waals surface area contributed by atoms with E-state index in [9.17, 15) is 0 Å². The molecule has 0 atom stereocenters. The number of hydrogen-bond donors (Lipinski definition) is 0. The van der Waals surface area contributed by atoms with Gasteiger partial charge in [0.15, 0.2) is 0 Å². The minimum atomic E-state index is 0.617. The second-order valence-corrected chi connectivity index (χ2v) is 7.27. The third kappa shape index (κ3) is 4.93. The molecule has 2 rings (SSSR count). The van der Waals surface area contributed by atoms with Gasteiger partial charge in [0.1, 0.15) is 0 Å². The Morgan fingerprint density at radius 1 is 0.619 bits per heavy atom. The third-order valence-corrected chi connectivity index (χ3v) is 4.91. The molecule has 0 saturated heterocycles. The molecule has 0 aromatic heterocycles. The summed E-state index contributed by atoms with van der Waals surface area (Å²) in [7, 11) is 0. The quantitative estimate of drug-likeness (QED) is 0.597. The summed E-state index contributed by atoms with van der Waals surface area (Å²) in [6.07, 6.45) is 0. The van der Waals surface area contributed by atoms with E-state index < -0.39 is 0 Å². The van der Waals surface area contributed by atoms with Crippen LogP contribution in [0.3, 0.4) is 0 Å². The van der Waals surface area contributed by atoms with E-state index in [1.165, 1.54) is 22.3 Å². The molecule has 0 fully saturated rings. The molecule has 0 N–H and O–H groups in total. The largest absolute Gasteiger partial charge is 0.152 e. The molecule has 112 valence electrons. The minimum absolute atomic E-state index is 0.617. The van der Waals surface area contributed by atoms with Crippen LogP contribution in [0.1, 0.15) is 61.8 Å². The van der Waals surface area contributed by atoms with Gasteiger partial charge >= 0.3 is 0 Å². The number of rotatable bonds is 6. The van der Waals surface area contributed by atoms with Crippen LogP contribution in [0.25, 0.3) is 0 Å². The monoisotopic (exact) mass is 298 g/mol. The normalized spacial score (nSPS) is 11.3. The van der Waals surface area contributed by atoms with Crippen molar-refractivity contribution in [1.29, 1.82) is 0 Å². The van der Waals surface area contributed by atoms with Crippen molar-refractivity contribution < 1.29 is 0 Å². The molecule has 0 unspecified atom stereocenters. The summed E-state index contributed by atoms with van der Waals surface area (Å²) in [5.41, 5.74) is 5.69. The summed E-state index contributed by atoms with van der Waals surface area (Å²) >= 11 is 1.99. The number of thioether (sulfide) groups is 1. The summed E-state index contributed by atoms with van der Waals surface area (Å²) in [5, 5.41) is 0. The van der Waals surface area contributed by atoms with Crippen LogP contribution in [0.4, 0.5) is 0 Å². The van der Waals surface area contributed by atoms with Crippen LogP contribution in [0, 0.1) is 0 Å². The predicted octanol–water partition coefficient (Wildman–Crippen LogP) is 6.37. The van der Waals surface area contributed by atoms with E-state index >= 15 is 0 Å². The van der Waals surface area contributed by atoms with Gasteiger partial charge in [-0.15, -0.1) is 0 Å². The lowest BCUT2D eigenvalue weighted by atomic mass is 10.0. The molecule has 0 nitrogen and oxygen atoms in total. The fraction of sp³-hybridized carbons (Fsp3) is 0.400. The van der Waals surface area contributed by atoms with Gasteiger partial charge in [-0.3, -0.25) is 0 Å². The first-order valence-electron chi connectivity index (χ1n) is 7.81. The smallest absolute Gasteiger partial charge is 0.0187 e. The number of hydrogen-bond acceptors (Lipinski definition) is 1. The van der Waals surface area contributed by atoms with Crippen LogP contribution in [-0.2, 0) is 11.5 Å². The van der Waals surface area contributed by atoms with Crippen molar-refractivity contribution in [2.45, 2.75) is 51.0 Å². The lowest BCUT2D eigenvalue weighted by molar-refractivity contribution is 0.866. The highest BCUT2D eigenvalue weighted by molar-refractivity contribution is 7.97. The Bertz CT molecular complexity index is 484. The predicted molar refractivity (Wildman–Crippen MR) is 96.1 cm³/mol. The molecule has 1 heteroatoms. The van der Waals surface area contributed by atoms with Gasteiger partial charge in [0, 0.05) is 11.5 Å².